The highest BCUT2D eigenvalue weighted by atomic mass is 16.2. The Labute approximate surface area is 112 Å². The van der Waals surface area contributed by atoms with Crippen LogP contribution in [0.1, 0.15) is 32.3 Å². The molecule has 0 radical (unpaired) electrons. The van der Waals surface area contributed by atoms with Crippen LogP contribution in [0.25, 0.3) is 10.9 Å². The van der Waals surface area contributed by atoms with Crippen molar-refractivity contribution >= 4 is 22.5 Å². The lowest BCUT2D eigenvalue weighted by molar-refractivity contribution is -0.121. The standard InChI is InChI=1S/C15H19N3O/c1-3-11(2)17-18-15(19)9-8-12-10-16-14-7-5-4-6-13(12)14/h4-7,10,16H,3,8-9H2,1-2H3,(H,18,19)/b17-11+. The fraction of sp³-hybridized carbons (Fsp3) is 0.333. The Bertz CT molecular complexity index is 598. The number of hydrogen-bond acceptors (Lipinski definition) is 2. The molecule has 1 aromatic heterocycles. The van der Waals surface area contributed by atoms with E-state index >= 15 is 0 Å². The van der Waals surface area contributed by atoms with Crippen LogP contribution in [0.5, 0.6) is 0 Å². The first kappa shape index (κ1) is 13.3. The number of carbonyl (C=O) groups is 1. The van der Waals surface area contributed by atoms with Gasteiger partial charge in [-0.05, 0) is 31.4 Å². The van der Waals surface area contributed by atoms with Crippen molar-refractivity contribution in [3.05, 3.63) is 36.0 Å². The van der Waals surface area contributed by atoms with Crippen LogP contribution in [0.4, 0.5) is 0 Å². The van der Waals surface area contributed by atoms with E-state index in [1.807, 2.05) is 38.2 Å². The van der Waals surface area contributed by atoms with Crippen molar-refractivity contribution in [3.8, 4) is 0 Å². The number of benzene rings is 1. The molecule has 2 rings (SSSR count). The molecule has 0 spiro atoms. The Morgan fingerprint density at radius 2 is 2.16 bits per heavy atom. The molecule has 2 aromatic rings. The smallest absolute Gasteiger partial charge is 0.240 e. The van der Waals surface area contributed by atoms with Gasteiger partial charge < -0.3 is 4.98 Å². The van der Waals surface area contributed by atoms with Gasteiger partial charge in [-0.3, -0.25) is 4.79 Å². The lowest BCUT2D eigenvalue weighted by Crippen LogP contribution is -2.19. The number of aryl methyl sites for hydroxylation is 1. The number of amides is 1. The number of nitrogens with zero attached hydrogens (tertiary/aromatic N) is 1. The zero-order valence-electron chi connectivity index (χ0n) is 11.4. The third-order valence-electron chi connectivity index (χ3n) is 3.18. The second-order valence-corrected chi connectivity index (χ2v) is 4.60. The zero-order valence-corrected chi connectivity index (χ0v) is 11.4. The summed E-state index contributed by atoms with van der Waals surface area (Å²) < 4.78 is 0. The summed E-state index contributed by atoms with van der Waals surface area (Å²) in [7, 11) is 0. The lowest BCUT2D eigenvalue weighted by Gasteiger charge is -2.01. The summed E-state index contributed by atoms with van der Waals surface area (Å²) in [6.07, 6.45) is 3.99. The number of fused-ring (bicyclic) bond motifs is 1. The molecule has 1 aromatic carbocycles. The molecule has 19 heavy (non-hydrogen) atoms. The molecule has 1 amide bonds. The molecule has 0 fully saturated rings. The molecule has 4 nitrogen and oxygen atoms in total. The van der Waals surface area contributed by atoms with Crippen molar-refractivity contribution in [2.24, 2.45) is 5.10 Å². The van der Waals surface area contributed by atoms with Crippen molar-refractivity contribution in [2.75, 3.05) is 0 Å². The van der Waals surface area contributed by atoms with E-state index < -0.39 is 0 Å². The highest BCUT2D eigenvalue weighted by Gasteiger charge is 2.06. The van der Waals surface area contributed by atoms with E-state index in [9.17, 15) is 4.79 Å². The number of carbonyl (C=O) groups excluding carboxylic acids is 1. The number of hydrogen-bond donors (Lipinski definition) is 2. The molecule has 1 heterocycles. The fourth-order valence-electron chi connectivity index (χ4n) is 1.88. The highest BCUT2D eigenvalue weighted by Crippen LogP contribution is 2.18. The predicted octanol–water partition coefficient (Wildman–Crippen LogP) is 3.00. The molecule has 0 aliphatic carbocycles. The summed E-state index contributed by atoms with van der Waals surface area (Å²) in [4.78, 5) is 14.9. The van der Waals surface area contributed by atoms with E-state index in [1.54, 1.807) is 0 Å². The normalized spacial score (nSPS) is 11.8. The number of rotatable bonds is 5. The van der Waals surface area contributed by atoms with Crippen LogP contribution in [-0.2, 0) is 11.2 Å². The van der Waals surface area contributed by atoms with E-state index in [-0.39, 0.29) is 5.91 Å². The first-order valence-corrected chi connectivity index (χ1v) is 6.57. The van der Waals surface area contributed by atoms with Crippen LogP contribution in [-0.4, -0.2) is 16.6 Å². The predicted molar refractivity (Wildman–Crippen MR) is 78.2 cm³/mol. The van der Waals surface area contributed by atoms with Crippen LogP contribution < -0.4 is 5.43 Å². The van der Waals surface area contributed by atoms with Crippen molar-refractivity contribution in [2.45, 2.75) is 33.1 Å². The Balaban J connectivity index is 1.94. The molecule has 4 heteroatoms. The average Bonchev–Trinajstić information content (AvgIpc) is 2.85. The van der Waals surface area contributed by atoms with Crippen LogP contribution in [0, 0.1) is 0 Å². The van der Waals surface area contributed by atoms with E-state index in [2.05, 4.69) is 21.6 Å². The monoisotopic (exact) mass is 257 g/mol. The molecule has 100 valence electrons. The molecule has 0 unspecified atom stereocenters. The van der Waals surface area contributed by atoms with Crippen LogP contribution in [0.2, 0.25) is 0 Å². The molecule has 0 atom stereocenters. The minimum absolute atomic E-state index is 0.0434. The topological polar surface area (TPSA) is 57.2 Å². The van der Waals surface area contributed by atoms with Gasteiger partial charge in [0.25, 0.3) is 0 Å². The molecular weight excluding hydrogens is 238 g/mol. The molecule has 0 saturated heterocycles. The summed E-state index contributed by atoms with van der Waals surface area (Å²) in [5.41, 5.74) is 5.79. The quantitative estimate of drug-likeness (QED) is 0.628. The van der Waals surface area contributed by atoms with Gasteiger partial charge in [0.1, 0.15) is 0 Å². The number of aromatic amines is 1. The van der Waals surface area contributed by atoms with Gasteiger partial charge in [0.15, 0.2) is 0 Å². The Morgan fingerprint density at radius 3 is 2.95 bits per heavy atom. The van der Waals surface area contributed by atoms with Crippen molar-refractivity contribution < 1.29 is 4.79 Å². The van der Waals surface area contributed by atoms with Crippen LogP contribution in [0.3, 0.4) is 0 Å². The summed E-state index contributed by atoms with van der Waals surface area (Å²) in [5.74, 6) is -0.0434. The SMILES string of the molecule is CC/C(C)=N/NC(=O)CCc1c[nH]c2ccccc12. The van der Waals surface area contributed by atoms with Crippen molar-refractivity contribution in [1.29, 1.82) is 0 Å². The largest absolute Gasteiger partial charge is 0.361 e. The van der Waals surface area contributed by atoms with Gasteiger partial charge in [-0.2, -0.15) is 5.10 Å². The van der Waals surface area contributed by atoms with E-state index in [0.717, 1.165) is 24.1 Å². The third kappa shape index (κ3) is 3.44. The van der Waals surface area contributed by atoms with E-state index in [1.165, 1.54) is 10.9 Å². The van der Waals surface area contributed by atoms with Gasteiger partial charge in [-0.25, -0.2) is 5.43 Å². The molecule has 0 bridgehead atoms. The van der Waals surface area contributed by atoms with Gasteiger partial charge in [0.2, 0.25) is 5.91 Å². The second kappa shape index (κ2) is 6.18. The first-order chi connectivity index (χ1) is 9.20. The summed E-state index contributed by atoms with van der Waals surface area (Å²) in [5, 5.41) is 5.20. The number of nitrogens with one attached hydrogen (secondary N) is 2. The fourth-order valence-corrected chi connectivity index (χ4v) is 1.88. The van der Waals surface area contributed by atoms with Crippen LogP contribution >= 0.6 is 0 Å². The third-order valence-corrected chi connectivity index (χ3v) is 3.18. The minimum atomic E-state index is -0.0434. The maximum absolute atomic E-state index is 11.7. The van der Waals surface area contributed by atoms with Gasteiger partial charge in [-0.15, -0.1) is 0 Å². The minimum Gasteiger partial charge on any atom is -0.361 e. The lowest BCUT2D eigenvalue weighted by atomic mass is 10.1. The zero-order chi connectivity index (χ0) is 13.7. The second-order valence-electron chi connectivity index (χ2n) is 4.60. The number of hydrazone groups is 1. The van der Waals surface area contributed by atoms with Crippen LogP contribution in [0.15, 0.2) is 35.6 Å². The Kier molecular flexibility index (Phi) is 4.34. The molecule has 0 saturated carbocycles. The van der Waals surface area contributed by atoms with Gasteiger partial charge >= 0.3 is 0 Å². The highest BCUT2D eigenvalue weighted by molar-refractivity contribution is 5.85. The first-order valence-electron chi connectivity index (χ1n) is 6.57. The van der Waals surface area contributed by atoms with E-state index in [0.29, 0.717) is 6.42 Å². The molecule has 0 aliphatic heterocycles. The maximum atomic E-state index is 11.7. The Hall–Kier alpha value is -2.10. The summed E-state index contributed by atoms with van der Waals surface area (Å²) >= 11 is 0. The van der Waals surface area contributed by atoms with Gasteiger partial charge in [0, 0.05) is 29.2 Å². The maximum Gasteiger partial charge on any atom is 0.240 e. The molecule has 2 N–H and O–H groups in total. The number of aromatic nitrogens is 1. The Morgan fingerprint density at radius 1 is 1.37 bits per heavy atom. The molecular formula is C15H19N3O. The summed E-state index contributed by atoms with van der Waals surface area (Å²) in [6.45, 7) is 3.91. The number of para-hydroxylation sites is 1. The van der Waals surface area contributed by atoms with Crippen molar-refractivity contribution in [3.63, 3.8) is 0 Å². The van der Waals surface area contributed by atoms with E-state index in [4.69, 9.17) is 0 Å². The van der Waals surface area contributed by atoms with Crippen molar-refractivity contribution in [1.82, 2.24) is 10.4 Å². The summed E-state index contributed by atoms with van der Waals surface area (Å²) in [6, 6.07) is 8.11. The molecule has 0 aliphatic rings. The van der Waals surface area contributed by atoms with Gasteiger partial charge in [0.05, 0.1) is 0 Å². The number of H-pyrrole nitrogens is 1. The van der Waals surface area contributed by atoms with Gasteiger partial charge in [-0.1, -0.05) is 25.1 Å². The average molecular weight is 257 g/mol.